The standard InChI is InChI=1S/C15H28N2O.ClH/c1-3-5-13-6-4-9-17(11-13)15(18)14-7-8-16-12(2)10-14;/h12-14,16H,3-11H2,1-2H3;1H/t12-,13?,14-;/m0./s1. The summed E-state index contributed by atoms with van der Waals surface area (Å²) in [6.45, 7) is 7.46. The van der Waals surface area contributed by atoms with Gasteiger partial charge in [-0.25, -0.2) is 0 Å². The van der Waals surface area contributed by atoms with Gasteiger partial charge in [0.25, 0.3) is 0 Å². The van der Waals surface area contributed by atoms with Gasteiger partial charge in [-0.1, -0.05) is 13.3 Å². The monoisotopic (exact) mass is 288 g/mol. The molecule has 3 atom stereocenters. The minimum Gasteiger partial charge on any atom is -0.342 e. The Balaban J connectivity index is 0.00000180. The highest BCUT2D eigenvalue weighted by Gasteiger charge is 2.31. The van der Waals surface area contributed by atoms with Crippen molar-refractivity contribution in [2.45, 2.75) is 58.4 Å². The molecule has 2 aliphatic rings. The SMILES string of the molecule is CCCC1CCCN(C(=O)[C@H]2CCN[C@@H](C)C2)C1.Cl. The molecule has 2 aliphatic heterocycles. The Hall–Kier alpha value is -0.280. The molecule has 2 fully saturated rings. The van der Waals surface area contributed by atoms with Crippen LogP contribution >= 0.6 is 12.4 Å². The highest BCUT2D eigenvalue weighted by Crippen LogP contribution is 2.25. The maximum Gasteiger partial charge on any atom is 0.225 e. The zero-order chi connectivity index (χ0) is 13.0. The van der Waals surface area contributed by atoms with E-state index in [2.05, 4.69) is 24.1 Å². The van der Waals surface area contributed by atoms with Crippen molar-refractivity contribution in [3.63, 3.8) is 0 Å². The van der Waals surface area contributed by atoms with Gasteiger partial charge in [-0.05, 0) is 51.5 Å². The zero-order valence-corrected chi connectivity index (χ0v) is 13.2. The van der Waals surface area contributed by atoms with Crippen molar-refractivity contribution in [3.05, 3.63) is 0 Å². The Morgan fingerprint density at radius 3 is 2.84 bits per heavy atom. The van der Waals surface area contributed by atoms with Gasteiger partial charge in [-0.2, -0.15) is 0 Å². The van der Waals surface area contributed by atoms with E-state index in [9.17, 15) is 4.79 Å². The highest BCUT2D eigenvalue weighted by atomic mass is 35.5. The molecule has 0 aliphatic carbocycles. The molecular formula is C15H29ClN2O. The van der Waals surface area contributed by atoms with Crippen LogP contribution in [0.2, 0.25) is 0 Å². The normalized spacial score (nSPS) is 31.7. The molecule has 112 valence electrons. The maximum absolute atomic E-state index is 12.5. The molecule has 2 rings (SSSR count). The van der Waals surface area contributed by atoms with E-state index in [1.807, 2.05) is 0 Å². The van der Waals surface area contributed by atoms with Crippen LogP contribution in [0.3, 0.4) is 0 Å². The average Bonchev–Trinajstić information content (AvgIpc) is 2.39. The number of carbonyl (C=O) groups is 1. The first kappa shape index (κ1) is 16.8. The number of carbonyl (C=O) groups excluding carboxylic acids is 1. The van der Waals surface area contributed by atoms with Gasteiger partial charge < -0.3 is 10.2 Å². The van der Waals surface area contributed by atoms with E-state index in [0.29, 0.717) is 11.9 Å². The van der Waals surface area contributed by atoms with Gasteiger partial charge in [0.1, 0.15) is 0 Å². The molecule has 4 heteroatoms. The summed E-state index contributed by atoms with van der Waals surface area (Å²) < 4.78 is 0. The number of nitrogens with one attached hydrogen (secondary N) is 1. The molecule has 0 spiro atoms. The summed E-state index contributed by atoms with van der Waals surface area (Å²) in [5.41, 5.74) is 0. The smallest absolute Gasteiger partial charge is 0.225 e. The lowest BCUT2D eigenvalue weighted by atomic mass is 9.89. The van der Waals surface area contributed by atoms with Crippen LogP contribution in [-0.4, -0.2) is 36.5 Å². The van der Waals surface area contributed by atoms with Crippen LogP contribution in [0.1, 0.15) is 52.4 Å². The Morgan fingerprint density at radius 1 is 1.37 bits per heavy atom. The Bertz CT molecular complexity index is 283. The lowest BCUT2D eigenvalue weighted by Crippen LogP contribution is -2.47. The van der Waals surface area contributed by atoms with Crippen LogP contribution in [0.15, 0.2) is 0 Å². The van der Waals surface area contributed by atoms with Crippen LogP contribution in [-0.2, 0) is 4.79 Å². The van der Waals surface area contributed by atoms with Gasteiger partial charge >= 0.3 is 0 Å². The third-order valence-corrected chi connectivity index (χ3v) is 4.50. The molecule has 3 nitrogen and oxygen atoms in total. The summed E-state index contributed by atoms with van der Waals surface area (Å²) in [6.07, 6.45) is 7.10. The molecular weight excluding hydrogens is 260 g/mol. The van der Waals surface area contributed by atoms with Gasteiger partial charge in [0.05, 0.1) is 0 Å². The molecule has 0 radical (unpaired) electrons. The van der Waals surface area contributed by atoms with E-state index < -0.39 is 0 Å². The Morgan fingerprint density at radius 2 is 2.16 bits per heavy atom. The molecule has 1 unspecified atom stereocenters. The van der Waals surface area contributed by atoms with Crippen molar-refractivity contribution in [2.75, 3.05) is 19.6 Å². The van der Waals surface area contributed by atoms with E-state index in [1.165, 1.54) is 25.7 Å². The van der Waals surface area contributed by atoms with Crippen LogP contribution in [0.4, 0.5) is 0 Å². The fourth-order valence-corrected chi connectivity index (χ4v) is 3.52. The largest absolute Gasteiger partial charge is 0.342 e. The van der Waals surface area contributed by atoms with Gasteiger partial charge in [0.2, 0.25) is 5.91 Å². The van der Waals surface area contributed by atoms with Crippen LogP contribution < -0.4 is 5.32 Å². The molecule has 2 heterocycles. The third kappa shape index (κ3) is 4.64. The number of rotatable bonds is 3. The van der Waals surface area contributed by atoms with Crippen molar-refractivity contribution in [1.29, 1.82) is 0 Å². The molecule has 0 bridgehead atoms. The Kier molecular flexibility index (Phi) is 7.16. The minimum absolute atomic E-state index is 0. The number of nitrogens with zero attached hydrogens (tertiary/aromatic N) is 1. The predicted octanol–water partition coefficient (Wildman–Crippen LogP) is 2.84. The first-order valence-corrected chi connectivity index (χ1v) is 7.73. The van der Waals surface area contributed by atoms with Crippen molar-refractivity contribution in [3.8, 4) is 0 Å². The van der Waals surface area contributed by atoms with E-state index in [-0.39, 0.29) is 18.3 Å². The van der Waals surface area contributed by atoms with E-state index in [0.717, 1.165) is 38.4 Å². The summed E-state index contributed by atoms with van der Waals surface area (Å²) in [6, 6.07) is 0.504. The average molecular weight is 289 g/mol. The van der Waals surface area contributed by atoms with Crippen LogP contribution in [0, 0.1) is 11.8 Å². The topological polar surface area (TPSA) is 32.3 Å². The molecule has 0 aromatic carbocycles. The summed E-state index contributed by atoms with van der Waals surface area (Å²) in [4.78, 5) is 14.7. The Labute approximate surface area is 123 Å². The molecule has 19 heavy (non-hydrogen) atoms. The van der Waals surface area contributed by atoms with Crippen LogP contribution in [0.25, 0.3) is 0 Å². The van der Waals surface area contributed by atoms with Gasteiger partial charge in [0.15, 0.2) is 0 Å². The van der Waals surface area contributed by atoms with Gasteiger partial charge in [-0.3, -0.25) is 4.79 Å². The number of hydrogen-bond donors (Lipinski definition) is 1. The van der Waals surface area contributed by atoms with E-state index in [1.54, 1.807) is 0 Å². The molecule has 1 amide bonds. The van der Waals surface area contributed by atoms with Gasteiger partial charge in [0, 0.05) is 25.0 Å². The first-order valence-electron chi connectivity index (χ1n) is 7.73. The number of piperidine rings is 2. The minimum atomic E-state index is 0. The van der Waals surface area contributed by atoms with Crippen LogP contribution in [0.5, 0.6) is 0 Å². The molecule has 0 saturated carbocycles. The molecule has 0 aromatic rings. The summed E-state index contributed by atoms with van der Waals surface area (Å²) >= 11 is 0. The first-order chi connectivity index (χ1) is 8.70. The summed E-state index contributed by atoms with van der Waals surface area (Å²) in [5.74, 6) is 1.47. The fourth-order valence-electron chi connectivity index (χ4n) is 3.52. The maximum atomic E-state index is 12.5. The van der Waals surface area contributed by atoms with E-state index >= 15 is 0 Å². The second kappa shape index (κ2) is 8.11. The van der Waals surface area contributed by atoms with Crippen molar-refractivity contribution in [1.82, 2.24) is 10.2 Å². The van der Waals surface area contributed by atoms with E-state index in [4.69, 9.17) is 0 Å². The van der Waals surface area contributed by atoms with Crippen molar-refractivity contribution < 1.29 is 4.79 Å². The number of hydrogen-bond acceptors (Lipinski definition) is 2. The second-order valence-corrected chi connectivity index (χ2v) is 6.16. The lowest BCUT2D eigenvalue weighted by molar-refractivity contribution is -0.138. The van der Waals surface area contributed by atoms with Crippen molar-refractivity contribution in [2.24, 2.45) is 11.8 Å². The highest BCUT2D eigenvalue weighted by molar-refractivity contribution is 5.85. The molecule has 0 aromatic heterocycles. The zero-order valence-electron chi connectivity index (χ0n) is 12.4. The predicted molar refractivity (Wildman–Crippen MR) is 81.6 cm³/mol. The number of likely N-dealkylation sites (tertiary alicyclic amines) is 1. The number of amides is 1. The molecule has 1 N–H and O–H groups in total. The lowest BCUT2D eigenvalue weighted by Gasteiger charge is -2.37. The quantitative estimate of drug-likeness (QED) is 0.866. The van der Waals surface area contributed by atoms with Crippen molar-refractivity contribution >= 4 is 18.3 Å². The summed E-state index contributed by atoms with van der Waals surface area (Å²) in [5, 5.41) is 3.43. The third-order valence-electron chi connectivity index (χ3n) is 4.50. The molecule has 2 saturated heterocycles. The fraction of sp³-hybridized carbons (Fsp3) is 0.933. The van der Waals surface area contributed by atoms with Gasteiger partial charge in [-0.15, -0.1) is 12.4 Å². The number of halogens is 1. The summed E-state index contributed by atoms with van der Waals surface area (Å²) in [7, 11) is 0. The second-order valence-electron chi connectivity index (χ2n) is 6.16.